The van der Waals surface area contributed by atoms with Crippen molar-refractivity contribution in [1.29, 1.82) is 0 Å². The fourth-order valence-corrected chi connectivity index (χ4v) is 1.90. The Morgan fingerprint density at radius 3 is 2.47 bits per heavy atom. The first-order valence-corrected chi connectivity index (χ1v) is 5.54. The SMILES string of the molecule is CNC(=O)c1ccc(F)c2c(C(=O)C(C)=O)c[nH]c12. The molecule has 0 fully saturated rings. The van der Waals surface area contributed by atoms with E-state index in [-0.39, 0.29) is 22.0 Å². The van der Waals surface area contributed by atoms with Crippen LogP contribution in [0.3, 0.4) is 0 Å². The van der Waals surface area contributed by atoms with E-state index in [0.29, 0.717) is 0 Å². The van der Waals surface area contributed by atoms with E-state index < -0.39 is 23.3 Å². The molecule has 98 valence electrons. The fourth-order valence-electron chi connectivity index (χ4n) is 1.90. The number of Topliss-reactive ketones (excluding diaryl/α,β-unsaturated/α-hetero) is 2. The average molecular weight is 262 g/mol. The summed E-state index contributed by atoms with van der Waals surface area (Å²) in [4.78, 5) is 37.1. The Morgan fingerprint density at radius 2 is 1.89 bits per heavy atom. The number of rotatable bonds is 3. The van der Waals surface area contributed by atoms with Gasteiger partial charge in [0.05, 0.1) is 16.6 Å². The Bertz CT molecular complexity index is 703. The van der Waals surface area contributed by atoms with Gasteiger partial charge in [0.2, 0.25) is 5.78 Å². The lowest BCUT2D eigenvalue weighted by Gasteiger charge is -2.03. The molecule has 2 aromatic rings. The molecule has 0 bridgehead atoms. The molecule has 2 N–H and O–H groups in total. The van der Waals surface area contributed by atoms with Crippen molar-refractivity contribution in [2.45, 2.75) is 6.92 Å². The number of carbonyl (C=O) groups is 3. The van der Waals surface area contributed by atoms with E-state index in [9.17, 15) is 18.8 Å². The summed E-state index contributed by atoms with van der Waals surface area (Å²) in [5, 5.41) is 2.38. The molecule has 0 unspecified atom stereocenters. The van der Waals surface area contributed by atoms with Gasteiger partial charge in [0, 0.05) is 25.6 Å². The Balaban J connectivity index is 2.76. The minimum absolute atomic E-state index is 0.0405. The van der Waals surface area contributed by atoms with Crippen LogP contribution in [0.4, 0.5) is 4.39 Å². The number of hydrogen-bond donors (Lipinski definition) is 2. The molecule has 1 heterocycles. The lowest BCUT2D eigenvalue weighted by atomic mass is 10.0. The Hall–Kier alpha value is -2.50. The summed E-state index contributed by atoms with van der Waals surface area (Å²) in [6, 6.07) is 2.41. The summed E-state index contributed by atoms with van der Waals surface area (Å²) in [7, 11) is 1.45. The first-order valence-electron chi connectivity index (χ1n) is 5.54. The molecule has 5 nitrogen and oxygen atoms in total. The van der Waals surface area contributed by atoms with Crippen LogP contribution in [0, 0.1) is 5.82 Å². The van der Waals surface area contributed by atoms with Crippen molar-refractivity contribution in [3.05, 3.63) is 35.3 Å². The minimum Gasteiger partial charge on any atom is -0.360 e. The number of halogens is 1. The van der Waals surface area contributed by atoms with Crippen molar-refractivity contribution in [2.75, 3.05) is 7.05 Å². The molecule has 1 amide bonds. The maximum atomic E-state index is 13.8. The molecule has 0 aliphatic rings. The van der Waals surface area contributed by atoms with Gasteiger partial charge in [-0.25, -0.2) is 4.39 Å². The van der Waals surface area contributed by atoms with Gasteiger partial charge in [-0.3, -0.25) is 14.4 Å². The molecular formula is C13H11FN2O3. The number of nitrogens with one attached hydrogen (secondary N) is 2. The predicted octanol–water partition coefficient (Wildman–Crippen LogP) is 1.44. The number of H-pyrrole nitrogens is 1. The number of carbonyl (C=O) groups excluding carboxylic acids is 3. The van der Waals surface area contributed by atoms with Crippen LogP contribution in [0.1, 0.15) is 27.6 Å². The van der Waals surface area contributed by atoms with E-state index in [2.05, 4.69) is 10.3 Å². The van der Waals surface area contributed by atoms with E-state index >= 15 is 0 Å². The summed E-state index contributed by atoms with van der Waals surface area (Å²) in [6.07, 6.45) is 1.24. The van der Waals surface area contributed by atoms with Crippen molar-refractivity contribution < 1.29 is 18.8 Å². The molecule has 0 saturated carbocycles. The van der Waals surface area contributed by atoms with Crippen LogP contribution in [-0.4, -0.2) is 29.5 Å². The zero-order valence-electron chi connectivity index (χ0n) is 10.3. The van der Waals surface area contributed by atoms with Crippen LogP contribution in [0.25, 0.3) is 10.9 Å². The third-order valence-corrected chi connectivity index (χ3v) is 2.82. The molecule has 1 aromatic carbocycles. The summed E-state index contributed by atoms with van der Waals surface area (Å²) < 4.78 is 13.8. The highest BCUT2D eigenvalue weighted by Gasteiger charge is 2.21. The standard InChI is InChI=1S/C13H11FN2O3/c1-6(17)12(18)8-5-16-11-7(13(19)15-2)3-4-9(14)10(8)11/h3-5,16H,1-2H3,(H,15,19). The highest BCUT2D eigenvalue weighted by molar-refractivity contribution is 6.45. The van der Waals surface area contributed by atoms with E-state index in [0.717, 1.165) is 13.0 Å². The smallest absolute Gasteiger partial charge is 0.253 e. The van der Waals surface area contributed by atoms with Crippen molar-refractivity contribution in [2.24, 2.45) is 0 Å². The topological polar surface area (TPSA) is 79.0 Å². The van der Waals surface area contributed by atoms with Crippen molar-refractivity contribution in [1.82, 2.24) is 10.3 Å². The molecule has 1 aromatic heterocycles. The second-order valence-corrected chi connectivity index (χ2v) is 4.01. The summed E-state index contributed by atoms with van der Waals surface area (Å²) in [5.74, 6) is -2.55. The van der Waals surface area contributed by atoms with Crippen LogP contribution in [0.15, 0.2) is 18.3 Å². The fraction of sp³-hybridized carbons (Fsp3) is 0.154. The van der Waals surface area contributed by atoms with Crippen LogP contribution in [0.5, 0.6) is 0 Å². The average Bonchev–Trinajstić information content (AvgIpc) is 2.82. The molecule has 0 spiro atoms. The monoisotopic (exact) mass is 262 g/mol. The first kappa shape index (κ1) is 12.9. The molecule has 6 heteroatoms. The van der Waals surface area contributed by atoms with Gasteiger partial charge >= 0.3 is 0 Å². The number of benzene rings is 1. The van der Waals surface area contributed by atoms with Crippen molar-refractivity contribution >= 4 is 28.4 Å². The third kappa shape index (κ3) is 2.01. The van der Waals surface area contributed by atoms with Gasteiger partial charge in [-0.1, -0.05) is 0 Å². The predicted molar refractivity (Wildman–Crippen MR) is 66.7 cm³/mol. The number of aromatic amines is 1. The first-order chi connectivity index (χ1) is 8.97. The van der Waals surface area contributed by atoms with Gasteiger partial charge in [0.15, 0.2) is 5.78 Å². The van der Waals surface area contributed by atoms with E-state index in [4.69, 9.17) is 0 Å². The summed E-state index contributed by atoms with van der Waals surface area (Å²) in [6.45, 7) is 1.11. The van der Waals surface area contributed by atoms with Gasteiger partial charge in [-0.05, 0) is 12.1 Å². The number of hydrogen-bond acceptors (Lipinski definition) is 3. The van der Waals surface area contributed by atoms with Crippen LogP contribution < -0.4 is 5.32 Å². The van der Waals surface area contributed by atoms with Crippen LogP contribution in [-0.2, 0) is 4.79 Å². The lowest BCUT2D eigenvalue weighted by molar-refractivity contribution is -0.113. The molecule has 0 aliphatic heterocycles. The van der Waals surface area contributed by atoms with Crippen LogP contribution >= 0.6 is 0 Å². The zero-order valence-corrected chi connectivity index (χ0v) is 10.3. The molecule has 19 heavy (non-hydrogen) atoms. The zero-order chi connectivity index (χ0) is 14.2. The highest BCUT2D eigenvalue weighted by Crippen LogP contribution is 2.25. The Labute approximate surface area is 107 Å². The quantitative estimate of drug-likeness (QED) is 0.649. The van der Waals surface area contributed by atoms with Gasteiger partial charge in [0.1, 0.15) is 5.82 Å². The Morgan fingerprint density at radius 1 is 1.21 bits per heavy atom. The van der Waals surface area contributed by atoms with Gasteiger partial charge in [0.25, 0.3) is 5.91 Å². The molecule has 0 saturated heterocycles. The number of aromatic nitrogens is 1. The molecule has 2 rings (SSSR count). The number of ketones is 2. The summed E-state index contributed by atoms with van der Waals surface area (Å²) in [5.41, 5.74) is 0.344. The summed E-state index contributed by atoms with van der Waals surface area (Å²) >= 11 is 0. The lowest BCUT2D eigenvalue weighted by Crippen LogP contribution is -2.18. The Kier molecular flexibility index (Phi) is 3.16. The van der Waals surface area contributed by atoms with Gasteiger partial charge < -0.3 is 10.3 Å². The van der Waals surface area contributed by atoms with E-state index in [1.165, 1.54) is 19.3 Å². The molecule has 0 atom stereocenters. The number of fused-ring (bicyclic) bond motifs is 1. The maximum Gasteiger partial charge on any atom is 0.253 e. The van der Waals surface area contributed by atoms with Crippen molar-refractivity contribution in [3.63, 3.8) is 0 Å². The normalized spacial score (nSPS) is 10.5. The van der Waals surface area contributed by atoms with Crippen molar-refractivity contribution in [3.8, 4) is 0 Å². The second kappa shape index (κ2) is 4.64. The maximum absolute atomic E-state index is 13.8. The van der Waals surface area contributed by atoms with E-state index in [1.54, 1.807) is 0 Å². The minimum atomic E-state index is -0.792. The van der Waals surface area contributed by atoms with Gasteiger partial charge in [-0.2, -0.15) is 0 Å². The van der Waals surface area contributed by atoms with Crippen LogP contribution in [0.2, 0.25) is 0 Å². The largest absolute Gasteiger partial charge is 0.360 e. The highest BCUT2D eigenvalue weighted by atomic mass is 19.1. The molecular weight excluding hydrogens is 251 g/mol. The molecule has 0 aliphatic carbocycles. The third-order valence-electron chi connectivity index (χ3n) is 2.82. The molecule has 0 radical (unpaired) electrons. The number of amides is 1. The van der Waals surface area contributed by atoms with Gasteiger partial charge in [-0.15, -0.1) is 0 Å². The van der Waals surface area contributed by atoms with E-state index in [1.807, 2.05) is 0 Å². The second-order valence-electron chi connectivity index (χ2n) is 4.01.